The van der Waals surface area contributed by atoms with E-state index in [1.807, 2.05) is 30.5 Å². The van der Waals surface area contributed by atoms with Crippen LogP contribution in [-0.2, 0) is 21.2 Å². The number of rotatable bonds is 10. The average Bonchev–Trinajstić information content (AvgIpc) is 3.23. The Kier molecular flexibility index (Phi) is 7.78. The predicted molar refractivity (Wildman–Crippen MR) is 132 cm³/mol. The highest BCUT2D eigenvalue weighted by Crippen LogP contribution is 2.31. The van der Waals surface area contributed by atoms with Gasteiger partial charge in [-0.05, 0) is 42.7 Å². The SMILES string of the molecule is C=C(C(=O)O)c1[nH]c(C(CC)CCc2ccc(-c3ccccc3S(N)(=O)=O)cc2)nc1SC. The van der Waals surface area contributed by atoms with Crippen LogP contribution in [0.3, 0.4) is 0 Å². The van der Waals surface area contributed by atoms with Gasteiger partial charge in [0.1, 0.15) is 10.9 Å². The molecule has 0 saturated heterocycles. The van der Waals surface area contributed by atoms with Crippen LogP contribution in [0.15, 0.2) is 65.0 Å². The van der Waals surface area contributed by atoms with E-state index in [0.717, 1.165) is 36.2 Å². The number of carboxylic acids is 1. The van der Waals surface area contributed by atoms with E-state index in [0.29, 0.717) is 16.3 Å². The monoisotopic (exact) mass is 485 g/mol. The number of aryl methyl sites for hydroxylation is 1. The number of benzene rings is 2. The van der Waals surface area contributed by atoms with E-state index in [-0.39, 0.29) is 16.4 Å². The highest BCUT2D eigenvalue weighted by atomic mass is 32.2. The first-order valence-corrected chi connectivity index (χ1v) is 13.2. The zero-order chi connectivity index (χ0) is 24.2. The fourth-order valence-electron chi connectivity index (χ4n) is 3.71. The number of primary sulfonamides is 1. The summed E-state index contributed by atoms with van der Waals surface area (Å²) in [5.41, 5.74) is 2.92. The van der Waals surface area contributed by atoms with Gasteiger partial charge in [0.15, 0.2) is 0 Å². The van der Waals surface area contributed by atoms with Gasteiger partial charge in [-0.1, -0.05) is 56.0 Å². The second-order valence-corrected chi connectivity index (χ2v) is 10.00. The summed E-state index contributed by atoms with van der Waals surface area (Å²) in [4.78, 5) is 19.2. The summed E-state index contributed by atoms with van der Waals surface area (Å²) in [5.74, 6) is -0.176. The first-order chi connectivity index (χ1) is 15.7. The zero-order valence-electron chi connectivity index (χ0n) is 18.5. The van der Waals surface area contributed by atoms with Crippen molar-refractivity contribution in [2.45, 2.75) is 42.0 Å². The number of nitrogens with one attached hydrogen (secondary N) is 1. The highest BCUT2D eigenvalue weighted by Gasteiger charge is 2.21. The quantitative estimate of drug-likeness (QED) is 0.283. The minimum atomic E-state index is -3.82. The Morgan fingerprint density at radius 3 is 2.45 bits per heavy atom. The first kappa shape index (κ1) is 24.8. The fourth-order valence-corrected chi connectivity index (χ4v) is 5.04. The van der Waals surface area contributed by atoms with Gasteiger partial charge < -0.3 is 10.1 Å². The number of thioether (sulfide) groups is 1. The van der Waals surface area contributed by atoms with Gasteiger partial charge in [0.05, 0.1) is 16.2 Å². The molecule has 1 heterocycles. The van der Waals surface area contributed by atoms with Gasteiger partial charge in [-0.15, -0.1) is 11.8 Å². The molecule has 174 valence electrons. The second-order valence-electron chi connectivity index (χ2n) is 7.67. The number of aromatic nitrogens is 2. The maximum atomic E-state index is 11.9. The molecule has 0 saturated carbocycles. The molecule has 4 N–H and O–H groups in total. The summed E-state index contributed by atoms with van der Waals surface area (Å²) in [7, 11) is -3.82. The van der Waals surface area contributed by atoms with Crippen LogP contribution in [0.1, 0.15) is 42.8 Å². The van der Waals surface area contributed by atoms with Gasteiger partial charge in [-0.3, -0.25) is 0 Å². The van der Waals surface area contributed by atoms with E-state index in [9.17, 15) is 18.3 Å². The molecule has 7 nitrogen and oxygen atoms in total. The maximum Gasteiger partial charge on any atom is 0.337 e. The van der Waals surface area contributed by atoms with Crippen LogP contribution in [0.5, 0.6) is 0 Å². The van der Waals surface area contributed by atoms with Crippen molar-refractivity contribution >= 4 is 33.3 Å². The molecule has 0 amide bonds. The molecule has 1 atom stereocenters. The summed E-state index contributed by atoms with van der Waals surface area (Å²) in [5, 5.41) is 15.3. The Hall–Kier alpha value is -2.88. The van der Waals surface area contributed by atoms with Crippen molar-refractivity contribution in [3.63, 3.8) is 0 Å². The number of nitrogens with two attached hydrogens (primary N) is 1. The number of hydrogen-bond acceptors (Lipinski definition) is 5. The molecule has 2 aromatic carbocycles. The molecular formula is C24H27N3O4S2. The molecule has 1 unspecified atom stereocenters. The molecule has 0 spiro atoms. The largest absolute Gasteiger partial charge is 0.478 e. The summed E-state index contributed by atoms with van der Waals surface area (Å²) < 4.78 is 23.8. The number of carbonyl (C=O) groups is 1. The van der Waals surface area contributed by atoms with E-state index in [4.69, 9.17) is 5.14 Å². The van der Waals surface area contributed by atoms with E-state index in [1.54, 1.807) is 18.2 Å². The smallest absolute Gasteiger partial charge is 0.337 e. The lowest BCUT2D eigenvalue weighted by atomic mass is 9.95. The molecule has 0 bridgehead atoms. The minimum Gasteiger partial charge on any atom is -0.478 e. The Bertz CT molecular complexity index is 1270. The highest BCUT2D eigenvalue weighted by molar-refractivity contribution is 7.98. The summed E-state index contributed by atoms with van der Waals surface area (Å²) in [6.07, 6.45) is 4.32. The molecular weight excluding hydrogens is 458 g/mol. The van der Waals surface area contributed by atoms with Gasteiger partial charge in [-0.2, -0.15) is 0 Å². The third-order valence-corrected chi connectivity index (χ3v) is 7.21. The Morgan fingerprint density at radius 1 is 1.21 bits per heavy atom. The number of sulfonamides is 1. The molecule has 0 radical (unpaired) electrons. The lowest BCUT2D eigenvalue weighted by Gasteiger charge is -2.13. The normalized spacial score (nSPS) is 12.5. The van der Waals surface area contributed by atoms with E-state index in [2.05, 4.69) is 23.5 Å². The predicted octanol–water partition coefficient (Wildman–Crippen LogP) is 4.67. The molecule has 3 rings (SSSR count). The van der Waals surface area contributed by atoms with Crippen molar-refractivity contribution in [1.29, 1.82) is 0 Å². The summed E-state index contributed by atoms with van der Waals surface area (Å²) in [6.45, 7) is 5.72. The van der Waals surface area contributed by atoms with Crippen LogP contribution in [0.2, 0.25) is 0 Å². The minimum absolute atomic E-state index is 0.00307. The van der Waals surface area contributed by atoms with E-state index >= 15 is 0 Å². The number of aliphatic carboxylic acids is 1. The van der Waals surface area contributed by atoms with Crippen LogP contribution in [0, 0.1) is 0 Å². The Labute approximate surface area is 198 Å². The van der Waals surface area contributed by atoms with Crippen molar-refractivity contribution in [3.8, 4) is 11.1 Å². The maximum absolute atomic E-state index is 11.9. The number of hydrogen-bond donors (Lipinski definition) is 3. The Morgan fingerprint density at radius 2 is 1.88 bits per heavy atom. The molecule has 33 heavy (non-hydrogen) atoms. The first-order valence-electron chi connectivity index (χ1n) is 10.4. The van der Waals surface area contributed by atoms with Crippen molar-refractivity contribution in [2.24, 2.45) is 5.14 Å². The van der Waals surface area contributed by atoms with Gasteiger partial charge in [-0.25, -0.2) is 23.3 Å². The zero-order valence-corrected chi connectivity index (χ0v) is 20.2. The summed E-state index contributed by atoms with van der Waals surface area (Å²) in [6, 6.07) is 14.4. The number of aromatic amines is 1. The van der Waals surface area contributed by atoms with Crippen molar-refractivity contribution in [2.75, 3.05) is 6.26 Å². The van der Waals surface area contributed by atoms with Crippen molar-refractivity contribution in [3.05, 3.63) is 72.2 Å². The molecule has 0 aliphatic rings. The summed E-state index contributed by atoms with van der Waals surface area (Å²) >= 11 is 1.39. The van der Waals surface area contributed by atoms with Crippen LogP contribution in [0.4, 0.5) is 0 Å². The van der Waals surface area contributed by atoms with Gasteiger partial charge in [0.2, 0.25) is 10.0 Å². The van der Waals surface area contributed by atoms with Gasteiger partial charge in [0, 0.05) is 11.5 Å². The standard InChI is InChI=1S/C24H27N3O4S2/c1-4-17(22-26-21(15(2)24(28)29)23(27-22)32-3)12-9-16-10-13-18(14-11-16)19-7-5-6-8-20(19)33(25,30)31/h5-8,10-11,13-14,17H,2,4,9,12H2,1,3H3,(H,26,27)(H,28,29)(H2,25,30,31). The average molecular weight is 486 g/mol. The number of carboxylic acid groups (broad SMARTS) is 1. The molecule has 3 aromatic rings. The number of nitrogens with zero attached hydrogens (tertiary/aromatic N) is 1. The molecule has 1 aromatic heterocycles. The fraction of sp³-hybridized carbons (Fsp3) is 0.250. The topological polar surface area (TPSA) is 126 Å². The van der Waals surface area contributed by atoms with Crippen molar-refractivity contribution in [1.82, 2.24) is 9.97 Å². The molecule has 9 heteroatoms. The number of imidazole rings is 1. The lowest BCUT2D eigenvalue weighted by Crippen LogP contribution is -2.13. The third kappa shape index (κ3) is 5.73. The van der Waals surface area contributed by atoms with Crippen LogP contribution >= 0.6 is 11.8 Å². The van der Waals surface area contributed by atoms with Crippen LogP contribution < -0.4 is 5.14 Å². The van der Waals surface area contributed by atoms with Gasteiger partial charge in [0.25, 0.3) is 0 Å². The van der Waals surface area contributed by atoms with Gasteiger partial charge >= 0.3 is 5.97 Å². The van der Waals surface area contributed by atoms with Crippen LogP contribution in [0.25, 0.3) is 16.7 Å². The Balaban J connectivity index is 1.77. The van der Waals surface area contributed by atoms with Crippen molar-refractivity contribution < 1.29 is 18.3 Å². The molecule has 0 fully saturated rings. The molecule has 0 aliphatic heterocycles. The third-order valence-electron chi connectivity index (χ3n) is 5.56. The van der Waals surface area contributed by atoms with E-state index in [1.165, 1.54) is 17.8 Å². The number of H-pyrrole nitrogens is 1. The lowest BCUT2D eigenvalue weighted by molar-refractivity contribution is -0.130. The van der Waals surface area contributed by atoms with E-state index < -0.39 is 16.0 Å². The second kappa shape index (κ2) is 10.4. The van der Waals surface area contributed by atoms with Crippen LogP contribution in [-0.4, -0.2) is 35.7 Å². The molecule has 0 aliphatic carbocycles.